The first kappa shape index (κ1) is 22.0. The zero-order chi connectivity index (χ0) is 17.5. The molecule has 0 saturated carbocycles. The Hall–Kier alpha value is -0.0500. The first-order valence-corrected chi connectivity index (χ1v) is 11.6. The number of hydrogen-bond donors (Lipinski definition) is 0. The molecule has 0 aliphatic carbocycles. The molecule has 1 heteroatoms. The molecule has 1 aromatic carbocycles. The Morgan fingerprint density at radius 3 is 1.71 bits per heavy atom. The van der Waals surface area contributed by atoms with Gasteiger partial charge in [0.2, 0.25) is 0 Å². The van der Waals surface area contributed by atoms with Crippen LogP contribution in [0.25, 0.3) is 0 Å². The van der Waals surface area contributed by atoms with Crippen molar-refractivity contribution in [3.63, 3.8) is 0 Å². The predicted octanol–water partition coefficient (Wildman–Crippen LogP) is 8.88. The fraction of sp³-hybridized carbons (Fsp3) is 0.739. The summed E-state index contributed by atoms with van der Waals surface area (Å²) in [4.78, 5) is 0. The van der Waals surface area contributed by atoms with Gasteiger partial charge in [0.05, 0.1) is 0 Å². The van der Waals surface area contributed by atoms with Crippen molar-refractivity contribution in [2.45, 2.75) is 110 Å². The van der Waals surface area contributed by atoms with E-state index in [1.54, 1.807) is 5.56 Å². The molecule has 0 radical (unpaired) electrons. The Morgan fingerprint density at radius 2 is 1.21 bits per heavy atom. The van der Waals surface area contributed by atoms with Gasteiger partial charge in [-0.3, -0.25) is 0 Å². The molecule has 0 atom stereocenters. The monoisotopic (exact) mass is 442 g/mol. The minimum absolute atomic E-state index is 0.789. The highest BCUT2D eigenvalue weighted by Gasteiger charge is 2.11. The third-order valence-corrected chi connectivity index (χ3v) is 5.80. The van der Waals surface area contributed by atoms with Gasteiger partial charge in [0.15, 0.2) is 0 Å². The van der Waals surface area contributed by atoms with Crippen LogP contribution < -0.4 is 0 Å². The molecule has 0 nitrogen and oxygen atoms in total. The van der Waals surface area contributed by atoms with Gasteiger partial charge in [-0.05, 0) is 59.0 Å². The summed E-state index contributed by atoms with van der Waals surface area (Å²) in [7, 11) is 0. The van der Waals surface area contributed by atoms with Gasteiger partial charge in [-0.25, -0.2) is 0 Å². The van der Waals surface area contributed by atoms with Crippen LogP contribution in [0.15, 0.2) is 24.3 Å². The lowest BCUT2D eigenvalue weighted by molar-refractivity contribution is 0.486. The Morgan fingerprint density at radius 1 is 0.708 bits per heavy atom. The topological polar surface area (TPSA) is 0 Å². The van der Waals surface area contributed by atoms with E-state index < -0.39 is 0 Å². The van der Waals surface area contributed by atoms with Crippen molar-refractivity contribution in [3.05, 3.63) is 33.4 Å². The van der Waals surface area contributed by atoms with Crippen LogP contribution in [0.4, 0.5) is 0 Å². The van der Waals surface area contributed by atoms with Crippen molar-refractivity contribution in [3.8, 4) is 0 Å². The molecule has 0 heterocycles. The maximum Gasteiger partial charge on any atom is 0.0133 e. The van der Waals surface area contributed by atoms with Crippen molar-refractivity contribution in [1.29, 1.82) is 0 Å². The zero-order valence-electron chi connectivity index (χ0n) is 16.2. The fourth-order valence-corrected chi connectivity index (χ4v) is 4.15. The van der Waals surface area contributed by atoms with Crippen LogP contribution in [0, 0.1) is 3.57 Å². The van der Waals surface area contributed by atoms with E-state index in [1.807, 2.05) is 0 Å². The second kappa shape index (κ2) is 15.2. The predicted molar refractivity (Wildman–Crippen MR) is 118 cm³/mol. The average Bonchev–Trinajstić information content (AvgIpc) is 2.59. The summed E-state index contributed by atoms with van der Waals surface area (Å²) in [5.41, 5.74) is 1.59. The molecule has 0 unspecified atom stereocenters. The van der Waals surface area contributed by atoms with E-state index in [0.717, 1.165) is 5.92 Å². The van der Waals surface area contributed by atoms with E-state index in [1.165, 1.54) is 93.5 Å². The van der Waals surface area contributed by atoms with Gasteiger partial charge in [-0.1, -0.05) is 103 Å². The van der Waals surface area contributed by atoms with Crippen LogP contribution in [-0.4, -0.2) is 0 Å². The molecule has 0 fully saturated rings. The summed E-state index contributed by atoms with van der Waals surface area (Å²) in [5, 5.41) is 0. The van der Waals surface area contributed by atoms with Crippen molar-refractivity contribution in [2.75, 3.05) is 0 Å². The van der Waals surface area contributed by atoms with Crippen LogP contribution in [-0.2, 0) is 0 Å². The maximum absolute atomic E-state index is 2.46. The summed E-state index contributed by atoms with van der Waals surface area (Å²) >= 11 is 2.46. The van der Waals surface area contributed by atoms with Crippen LogP contribution in [0.3, 0.4) is 0 Å². The molecule has 0 spiro atoms. The average molecular weight is 442 g/mol. The van der Waals surface area contributed by atoms with E-state index in [0.29, 0.717) is 0 Å². The summed E-state index contributed by atoms with van der Waals surface area (Å²) in [6.45, 7) is 4.60. The van der Waals surface area contributed by atoms with E-state index in [2.05, 4.69) is 60.7 Å². The van der Waals surface area contributed by atoms with Crippen molar-refractivity contribution >= 4 is 22.6 Å². The maximum atomic E-state index is 2.46. The Labute approximate surface area is 165 Å². The van der Waals surface area contributed by atoms with Crippen molar-refractivity contribution < 1.29 is 0 Å². The standard InChI is InChI=1S/C23H39I/c1-3-5-7-9-11-13-16-21(17-14-12-10-8-6-4-2)22-18-15-19-23(24)20-22/h15,18-21H,3-14,16-17H2,1-2H3. The minimum Gasteiger partial charge on any atom is -0.0654 e. The molecule has 24 heavy (non-hydrogen) atoms. The molecule has 0 bridgehead atoms. The van der Waals surface area contributed by atoms with Gasteiger partial charge < -0.3 is 0 Å². The molecule has 0 aromatic heterocycles. The van der Waals surface area contributed by atoms with E-state index in [4.69, 9.17) is 0 Å². The molecule has 0 saturated heterocycles. The normalized spacial score (nSPS) is 11.3. The molecule has 0 N–H and O–H groups in total. The highest BCUT2D eigenvalue weighted by Crippen LogP contribution is 2.29. The largest absolute Gasteiger partial charge is 0.0654 e. The Bertz CT molecular complexity index is 383. The van der Waals surface area contributed by atoms with Gasteiger partial charge in [0.25, 0.3) is 0 Å². The summed E-state index contributed by atoms with van der Waals surface area (Å²) in [6.07, 6.45) is 19.7. The molecule has 0 amide bonds. The fourth-order valence-electron chi connectivity index (χ4n) is 3.58. The Balaban J connectivity index is 2.36. The zero-order valence-corrected chi connectivity index (χ0v) is 18.3. The molecular formula is C23H39I. The van der Waals surface area contributed by atoms with E-state index in [-0.39, 0.29) is 0 Å². The van der Waals surface area contributed by atoms with Gasteiger partial charge in [-0.15, -0.1) is 0 Å². The second-order valence-corrected chi connectivity index (χ2v) is 8.61. The minimum atomic E-state index is 0.789. The molecule has 1 rings (SSSR count). The molecule has 1 aromatic rings. The number of benzene rings is 1. The summed E-state index contributed by atoms with van der Waals surface area (Å²) in [6, 6.07) is 9.24. The van der Waals surface area contributed by atoms with Crippen LogP contribution >= 0.6 is 22.6 Å². The van der Waals surface area contributed by atoms with Crippen LogP contribution in [0.5, 0.6) is 0 Å². The number of hydrogen-bond acceptors (Lipinski definition) is 0. The molecule has 0 aliphatic heterocycles. The summed E-state index contributed by atoms with van der Waals surface area (Å²) in [5.74, 6) is 0.789. The lowest BCUT2D eigenvalue weighted by Gasteiger charge is -2.18. The number of unbranched alkanes of at least 4 members (excludes halogenated alkanes) is 10. The Kier molecular flexibility index (Phi) is 14.0. The first-order valence-electron chi connectivity index (χ1n) is 10.5. The number of rotatable bonds is 15. The quantitative estimate of drug-likeness (QED) is 0.188. The van der Waals surface area contributed by atoms with Gasteiger partial charge in [-0.2, -0.15) is 0 Å². The van der Waals surface area contributed by atoms with Crippen molar-refractivity contribution in [1.82, 2.24) is 0 Å². The first-order chi connectivity index (χ1) is 11.8. The lowest BCUT2D eigenvalue weighted by atomic mass is 9.88. The highest BCUT2D eigenvalue weighted by atomic mass is 127. The third kappa shape index (κ3) is 10.7. The molecule has 0 aliphatic rings. The van der Waals surface area contributed by atoms with Crippen molar-refractivity contribution in [2.24, 2.45) is 0 Å². The third-order valence-electron chi connectivity index (χ3n) is 5.13. The number of halogens is 1. The summed E-state index contributed by atoms with van der Waals surface area (Å²) < 4.78 is 1.39. The van der Waals surface area contributed by atoms with Gasteiger partial charge in [0.1, 0.15) is 0 Å². The van der Waals surface area contributed by atoms with E-state index >= 15 is 0 Å². The molecular weight excluding hydrogens is 403 g/mol. The van der Waals surface area contributed by atoms with Gasteiger partial charge >= 0.3 is 0 Å². The van der Waals surface area contributed by atoms with E-state index in [9.17, 15) is 0 Å². The van der Waals surface area contributed by atoms with Gasteiger partial charge in [0, 0.05) is 3.57 Å². The van der Waals surface area contributed by atoms with Crippen LogP contribution in [0.2, 0.25) is 0 Å². The SMILES string of the molecule is CCCCCCCCC(CCCCCCCC)c1cccc(I)c1. The lowest BCUT2D eigenvalue weighted by Crippen LogP contribution is -2.00. The second-order valence-electron chi connectivity index (χ2n) is 7.36. The van der Waals surface area contributed by atoms with Crippen LogP contribution in [0.1, 0.15) is 115 Å². The smallest absolute Gasteiger partial charge is 0.0133 e. The highest BCUT2D eigenvalue weighted by molar-refractivity contribution is 14.1. The molecule has 138 valence electrons.